The maximum absolute atomic E-state index is 11.6. The Kier molecular flexibility index (Phi) is 5.97. The van der Waals surface area contributed by atoms with E-state index in [4.69, 9.17) is 9.47 Å². The number of methoxy groups -OCH3 is 1. The number of nitrogens with zero attached hydrogens (tertiary/aromatic N) is 2. The fourth-order valence-corrected chi connectivity index (χ4v) is 2.45. The lowest BCUT2D eigenvalue weighted by Crippen LogP contribution is -2.45. The minimum Gasteiger partial charge on any atom is -0.383 e. The molecule has 0 bridgehead atoms. The van der Waals surface area contributed by atoms with Crippen molar-refractivity contribution in [3.63, 3.8) is 0 Å². The van der Waals surface area contributed by atoms with Gasteiger partial charge in [0.2, 0.25) is 0 Å². The SMILES string of the molecule is COCCNC(=O)Nc1ccc(N2C[C@H](C)O[C@@H](C)C2)nc1. The summed E-state index contributed by atoms with van der Waals surface area (Å²) in [6.07, 6.45) is 2.04. The molecule has 1 fully saturated rings. The van der Waals surface area contributed by atoms with Crippen LogP contribution in [0.3, 0.4) is 0 Å². The van der Waals surface area contributed by atoms with Crippen LogP contribution in [-0.2, 0) is 9.47 Å². The molecule has 1 saturated heterocycles. The van der Waals surface area contributed by atoms with Crippen molar-refractivity contribution in [2.24, 2.45) is 0 Å². The molecule has 2 amide bonds. The maximum Gasteiger partial charge on any atom is 0.319 e. The first-order chi connectivity index (χ1) is 10.6. The summed E-state index contributed by atoms with van der Waals surface area (Å²) in [6, 6.07) is 3.50. The molecule has 0 unspecified atom stereocenters. The van der Waals surface area contributed by atoms with Crippen LogP contribution in [0, 0.1) is 0 Å². The van der Waals surface area contributed by atoms with Gasteiger partial charge >= 0.3 is 6.03 Å². The van der Waals surface area contributed by atoms with Crippen molar-refractivity contribution in [2.45, 2.75) is 26.1 Å². The molecule has 2 heterocycles. The van der Waals surface area contributed by atoms with Crippen LogP contribution in [0.4, 0.5) is 16.3 Å². The van der Waals surface area contributed by atoms with Gasteiger partial charge in [-0.25, -0.2) is 9.78 Å². The zero-order valence-electron chi connectivity index (χ0n) is 13.3. The fraction of sp³-hybridized carbons (Fsp3) is 0.600. The van der Waals surface area contributed by atoms with Crippen molar-refractivity contribution in [1.82, 2.24) is 10.3 Å². The molecule has 2 N–H and O–H groups in total. The lowest BCUT2D eigenvalue weighted by molar-refractivity contribution is -0.00545. The Hall–Kier alpha value is -1.86. The number of carbonyl (C=O) groups excluding carboxylic acids is 1. The van der Waals surface area contributed by atoms with Gasteiger partial charge in [-0.05, 0) is 26.0 Å². The zero-order chi connectivity index (χ0) is 15.9. The van der Waals surface area contributed by atoms with Gasteiger partial charge in [0.05, 0.1) is 30.7 Å². The van der Waals surface area contributed by atoms with E-state index in [1.54, 1.807) is 13.3 Å². The van der Waals surface area contributed by atoms with Gasteiger partial charge in [-0.1, -0.05) is 0 Å². The normalized spacial score (nSPS) is 21.5. The molecule has 2 atom stereocenters. The molecule has 0 saturated carbocycles. The van der Waals surface area contributed by atoms with Crippen molar-refractivity contribution in [1.29, 1.82) is 0 Å². The minimum atomic E-state index is -0.264. The van der Waals surface area contributed by atoms with E-state index in [0.29, 0.717) is 18.8 Å². The zero-order valence-corrected chi connectivity index (χ0v) is 13.3. The van der Waals surface area contributed by atoms with Crippen LogP contribution < -0.4 is 15.5 Å². The smallest absolute Gasteiger partial charge is 0.319 e. The summed E-state index contributed by atoms with van der Waals surface area (Å²) in [7, 11) is 1.59. The fourth-order valence-electron chi connectivity index (χ4n) is 2.45. The highest BCUT2D eigenvalue weighted by atomic mass is 16.5. The molecule has 1 aliphatic rings. The van der Waals surface area contributed by atoms with E-state index in [0.717, 1.165) is 18.9 Å². The Morgan fingerprint density at radius 2 is 2.14 bits per heavy atom. The first-order valence-corrected chi connectivity index (χ1v) is 7.48. The molecule has 7 nitrogen and oxygen atoms in total. The Bertz CT molecular complexity index is 470. The van der Waals surface area contributed by atoms with Crippen LogP contribution >= 0.6 is 0 Å². The summed E-state index contributed by atoms with van der Waals surface area (Å²) >= 11 is 0. The van der Waals surface area contributed by atoms with E-state index < -0.39 is 0 Å². The Morgan fingerprint density at radius 1 is 1.41 bits per heavy atom. The highest BCUT2D eigenvalue weighted by molar-refractivity contribution is 5.89. The largest absolute Gasteiger partial charge is 0.383 e. The van der Waals surface area contributed by atoms with Crippen molar-refractivity contribution in [2.75, 3.05) is 43.6 Å². The highest BCUT2D eigenvalue weighted by Crippen LogP contribution is 2.19. The maximum atomic E-state index is 11.6. The van der Waals surface area contributed by atoms with E-state index >= 15 is 0 Å². The molecule has 0 aromatic carbocycles. The van der Waals surface area contributed by atoms with E-state index in [-0.39, 0.29) is 18.2 Å². The van der Waals surface area contributed by atoms with Gasteiger partial charge in [0, 0.05) is 26.7 Å². The lowest BCUT2D eigenvalue weighted by atomic mass is 10.2. The van der Waals surface area contributed by atoms with Gasteiger partial charge in [-0.2, -0.15) is 0 Å². The number of aromatic nitrogens is 1. The third kappa shape index (κ3) is 4.85. The molecule has 1 aromatic rings. The number of urea groups is 1. The van der Waals surface area contributed by atoms with Gasteiger partial charge in [0.25, 0.3) is 0 Å². The highest BCUT2D eigenvalue weighted by Gasteiger charge is 2.22. The quantitative estimate of drug-likeness (QED) is 0.806. The van der Waals surface area contributed by atoms with Gasteiger partial charge in [0.1, 0.15) is 5.82 Å². The average Bonchev–Trinajstić information content (AvgIpc) is 2.47. The van der Waals surface area contributed by atoms with Gasteiger partial charge in [-0.3, -0.25) is 0 Å². The number of amides is 2. The number of pyridine rings is 1. The van der Waals surface area contributed by atoms with Crippen molar-refractivity contribution < 1.29 is 14.3 Å². The molecule has 22 heavy (non-hydrogen) atoms. The number of rotatable bonds is 5. The number of hydrogen-bond donors (Lipinski definition) is 2. The first-order valence-electron chi connectivity index (χ1n) is 7.48. The Balaban J connectivity index is 1.88. The van der Waals surface area contributed by atoms with E-state index in [2.05, 4.69) is 34.4 Å². The second-order valence-corrected chi connectivity index (χ2v) is 5.44. The summed E-state index contributed by atoms with van der Waals surface area (Å²) in [5.41, 5.74) is 0.660. The summed E-state index contributed by atoms with van der Waals surface area (Å²) in [5, 5.41) is 5.43. The van der Waals surface area contributed by atoms with Crippen molar-refractivity contribution in [3.8, 4) is 0 Å². The lowest BCUT2D eigenvalue weighted by Gasteiger charge is -2.36. The van der Waals surface area contributed by atoms with Crippen LogP contribution in [-0.4, -0.2) is 56.6 Å². The van der Waals surface area contributed by atoms with Gasteiger partial charge in [0.15, 0.2) is 0 Å². The summed E-state index contributed by atoms with van der Waals surface area (Å²) in [6.45, 7) is 6.71. The minimum absolute atomic E-state index is 0.190. The van der Waals surface area contributed by atoms with Crippen LogP contribution in [0.1, 0.15) is 13.8 Å². The Labute approximate surface area is 131 Å². The molecule has 122 valence electrons. The number of nitrogens with one attached hydrogen (secondary N) is 2. The summed E-state index contributed by atoms with van der Waals surface area (Å²) < 4.78 is 10.6. The van der Waals surface area contributed by atoms with E-state index in [9.17, 15) is 4.79 Å². The van der Waals surface area contributed by atoms with Gasteiger partial charge in [-0.15, -0.1) is 0 Å². The summed E-state index contributed by atoms with van der Waals surface area (Å²) in [4.78, 5) is 18.2. The monoisotopic (exact) mass is 308 g/mol. The molecule has 7 heteroatoms. The number of anilines is 2. The Morgan fingerprint density at radius 3 is 2.73 bits per heavy atom. The summed E-state index contributed by atoms with van der Waals surface area (Å²) in [5.74, 6) is 0.896. The molecule has 1 aromatic heterocycles. The van der Waals surface area contributed by atoms with Gasteiger partial charge < -0.3 is 25.0 Å². The topological polar surface area (TPSA) is 75.7 Å². The molecular weight excluding hydrogens is 284 g/mol. The molecule has 1 aliphatic heterocycles. The van der Waals surface area contributed by atoms with Crippen molar-refractivity contribution in [3.05, 3.63) is 18.3 Å². The number of carbonyl (C=O) groups is 1. The molecule has 0 radical (unpaired) electrons. The van der Waals surface area contributed by atoms with E-state index in [1.807, 2.05) is 12.1 Å². The molecule has 0 aliphatic carbocycles. The van der Waals surface area contributed by atoms with Crippen LogP contribution in [0.2, 0.25) is 0 Å². The molecular formula is C15H24N4O3. The van der Waals surface area contributed by atoms with Crippen LogP contribution in [0.25, 0.3) is 0 Å². The predicted molar refractivity (Wildman–Crippen MR) is 85.4 cm³/mol. The third-order valence-electron chi connectivity index (χ3n) is 3.34. The molecule has 0 spiro atoms. The average molecular weight is 308 g/mol. The van der Waals surface area contributed by atoms with E-state index in [1.165, 1.54) is 0 Å². The predicted octanol–water partition coefficient (Wildman–Crippen LogP) is 1.46. The molecule has 2 rings (SSSR count). The number of morpholine rings is 1. The second kappa shape index (κ2) is 7.95. The third-order valence-corrected chi connectivity index (χ3v) is 3.34. The number of hydrogen-bond acceptors (Lipinski definition) is 5. The first kappa shape index (κ1) is 16.5. The standard InChI is InChI=1S/C15H24N4O3/c1-11-9-19(10-12(2)22-11)14-5-4-13(8-17-14)18-15(20)16-6-7-21-3/h4-5,8,11-12H,6-7,9-10H2,1-3H3,(H2,16,18,20)/t11-,12-/m0/s1. The van der Waals surface area contributed by atoms with Crippen LogP contribution in [0.5, 0.6) is 0 Å². The second-order valence-electron chi connectivity index (χ2n) is 5.44. The van der Waals surface area contributed by atoms with Crippen LogP contribution in [0.15, 0.2) is 18.3 Å². The number of ether oxygens (including phenoxy) is 2. The van der Waals surface area contributed by atoms with Crippen molar-refractivity contribution >= 4 is 17.5 Å².